The van der Waals surface area contributed by atoms with Gasteiger partial charge in [-0.05, 0) is 47.0 Å². The van der Waals surface area contributed by atoms with Gasteiger partial charge in [-0.15, -0.1) is 0 Å². The van der Waals surface area contributed by atoms with Gasteiger partial charge in [0, 0.05) is 10.2 Å². The summed E-state index contributed by atoms with van der Waals surface area (Å²) in [5.41, 5.74) is 6.23. The maximum atomic E-state index is 2.43. The molecule has 0 unspecified atom stereocenters. The van der Waals surface area contributed by atoms with Crippen LogP contribution >= 0.6 is 0 Å². The van der Waals surface area contributed by atoms with Crippen molar-refractivity contribution in [1.29, 1.82) is 0 Å². The lowest BCUT2D eigenvalue weighted by Gasteiger charge is -2.25. The second kappa shape index (κ2) is 6.13. The summed E-state index contributed by atoms with van der Waals surface area (Å²) in [4.78, 5) is 0. The highest BCUT2D eigenvalue weighted by Crippen LogP contribution is 2.43. The number of aryl methyl sites for hydroxylation is 1. The van der Waals surface area contributed by atoms with E-state index in [0.717, 1.165) is 0 Å². The Bertz CT molecular complexity index is 524. The summed E-state index contributed by atoms with van der Waals surface area (Å²) in [5.74, 6) is 0. The van der Waals surface area contributed by atoms with E-state index in [0.29, 0.717) is 0 Å². The fourth-order valence-corrected chi connectivity index (χ4v) is 4.45. The first-order chi connectivity index (χ1) is 9.43. The fraction of sp³-hybridized carbons (Fsp3) is 0.474. The van der Waals surface area contributed by atoms with Crippen LogP contribution in [0.2, 0.25) is 0 Å². The second-order valence-electron chi connectivity index (χ2n) is 7.03. The fourth-order valence-electron chi connectivity index (χ4n) is 3.23. The van der Waals surface area contributed by atoms with Gasteiger partial charge in [0.2, 0.25) is 0 Å². The van der Waals surface area contributed by atoms with E-state index in [4.69, 9.17) is 0 Å². The minimum atomic E-state index is 0.264. The molecule has 1 aliphatic carbocycles. The minimum absolute atomic E-state index is 0.264. The average Bonchev–Trinajstić information content (AvgIpc) is 2.79. The Labute approximate surface area is 127 Å². The van der Waals surface area contributed by atoms with Crippen molar-refractivity contribution in [3.63, 3.8) is 0 Å². The number of rotatable bonds is 4. The van der Waals surface area contributed by atoms with E-state index in [9.17, 15) is 0 Å². The topological polar surface area (TPSA) is 0 Å². The lowest BCUT2D eigenvalue weighted by atomic mass is 9.81. The molecule has 20 heavy (non-hydrogen) atoms. The molecule has 2 rings (SSSR count). The molecule has 1 aliphatic rings. The molecule has 0 aromatic heterocycles. The maximum Gasteiger partial charge on any atom is 0.0341 e. The summed E-state index contributed by atoms with van der Waals surface area (Å²) in [6.07, 6.45) is 7.38. The molecule has 1 aromatic carbocycles. The number of allylic oxidation sites excluding steroid dienone is 4. The monoisotopic (exact) mass is 284 g/mol. The summed E-state index contributed by atoms with van der Waals surface area (Å²) in [5, 5.41) is 1.67. The lowest BCUT2D eigenvalue weighted by molar-refractivity contribution is 0.520. The second-order valence-corrected chi connectivity index (χ2v) is 8.23. The third-order valence-corrected chi connectivity index (χ3v) is 5.05. The summed E-state index contributed by atoms with van der Waals surface area (Å²) in [6, 6.07) is 9.28. The zero-order chi connectivity index (χ0) is 14.8. The van der Waals surface area contributed by atoms with Gasteiger partial charge in [0.1, 0.15) is 0 Å². The van der Waals surface area contributed by atoms with Crippen LogP contribution in [0, 0.1) is 5.41 Å². The van der Waals surface area contributed by atoms with Crippen molar-refractivity contribution >= 4 is 15.8 Å². The van der Waals surface area contributed by atoms with Crippen LogP contribution in [0.5, 0.6) is 0 Å². The van der Waals surface area contributed by atoms with Gasteiger partial charge in [-0.25, -0.2) is 0 Å². The predicted molar refractivity (Wildman–Crippen MR) is 94.1 cm³/mol. The quantitative estimate of drug-likeness (QED) is 0.715. The first-order valence-corrected chi connectivity index (χ1v) is 8.93. The molecule has 0 bridgehead atoms. The van der Waals surface area contributed by atoms with Crippen molar-refractivity contribution in [1.82, 2.24) is 0 Å². The molecule has 0 aliphatic heterocycles. The third-order valence-electron chi connectivity index (χ3n) is 4.14. The lowest BCUT2D eigenvalue weighted by Crippen LogP contribution is -2.11. The van der Waals surface area contributed by atoms with E-state index in [2.05, 4.69) is 58.0 Å². The largest absolute Gasteiger partial charge is 0.0838 e. The molecule has 108 valence electrons. The van der Waals surface area contributed by atoms with Crippen LogP contribution in [0.15, 0.2) is 41.1 Å². The van der Waals surface area contributed by atoms with E-state index in [-0.39, 0.29) is 5.41 Å². The highest BCUT2D eigenvalue weighted by atomic mass is 28.1. The molecular formula is C19H28Si. The molecule has 0 radical (unpaired) electrons. The Morgan fingerprint density at radius 3 is 2.30 bits per heavy atom. The first-order valence-electron chi connectivity index (χ1n) is 7.93. The summed E-state index contributed by atoms with van der Waals surface area (Å²) in [6.45, 7) is 9.28. The van der Waals surface area contributed by atoms with Crippen molar-refractivity contribution < 1.29 is 0 Å². The van der Waals surface area contributed by atoms with Crippen LogP contribution in [-0.2, 0) is 6.42 Å². The molecule has 0 spiro atoms. The molecule has 0 saturated heterocycles. The van der Waals surface area contributed by atoms with Crippen molar-refractivity contribution in [3.8, 4) is 0 Å². The van der Waals surface area contributed by atoms with Gasteiger partial charge in [-0.3, -0.25) is 0 Å². The number of unbranched alkanes of at least 4 members (excludes halogenated alkanes) is 1. The molecule has 0 atom stereocenters. The Kier molecular flexibility index (Phi) is 4.69. The molecule has 1 aromatic rings. The van der Waals surface area contributed by atoms with Crippen molar-refractivity contribution in [2.75, 3.05) is 0 Å². The van der Waals surface area contributed by atoms with E-state index >= 15 is 0 Å². The Balaban J connectivity index is 2.24. The van der Waals surface area contributed by atoms with Crippen molar-refractivity contribution in [2.24, 2.45) is 5.41 Å². The maximum absolute atomic E-state index is 2.43. The zero-order valence-corrected chi connectivity index (χ0v) is 15.7. The smallest absolute Gasteiger partial charge is 0.0341 e. The molecular weight excluding hydrogens is 256 g/mol. The van der Waals surface area contributed by atoms with Crippen molar-refractivity contribution in [2.45, 2.75) is 53.4 Å². The Hall–Kier alpha value is -1.08. The van der Waals surface area contributed by atoms with E-state index in [1.807, 2.05) is 0 Å². The van der Waals surface area contributed by atoms with Gasteiger partial charge < -0.3 is 0 Å². The van der Waals surface area contributed by atoms with Gasteiger partial charge in [0.15, 0.2) is 0 Å². The molecule has 0 amide bonds. The number of hydrogen-bond acceptors (Lipinski definition) is 0. The van der Waals surface area contributed by atoms with Crippen LogP contribution in [0.3, 0.4) is 0 Å². The SMILES string of the molecule is CCCCc1ccc(C2=CCC([SiH3])=C2C(C)(C)C)cc1. The van der Waals surface area contributed by atoms with Crippen molar-refractivity contribution in [3.05, 3.63) is 52.2 Å². The number of benzene rings is 1. The first kappa shape index (κ1) is 15.3. The molecule has 0 N–H and O–H groups in total. The molecule has 0 heterocycles. The Morgan fingerprint density at radius 2 is 1.75 bits per heavy atom. The highest BCUT2D eigenvalue weighted by molar-refractivity contribution is 6.24. The van der Waals surface area contributed by atoms with E-state index in [1.165, 1.54) is 52.6 Å². The standard InChI is InChI=1S/C19H28Si/c1-5-6-7-14-8-10-15(11-9-14)16-12-13-17(20)18(16)19(2,3)4/h8-12H,5-7,13H2,1-4,20H3. The predicted octanol–water partition coefficient (Wildman–Crippen LogP) is 4.48. The van der Waals surface area contributed by atoms with Gasteiger partial charge in [0.25, 0.3) is 0 Å². The van der Waals surface area contributed by atoms with Crippen LogP contribution in [0.25, 0.3) is 5.57 Å². The van der Waals surface area contributed by atoms with Crippen LogP contribution in [-0.4, -0.2) is 10.2 Å². The molecule has 0 fully saturated rings. The summed E-state index contributed by atoms with van der Waals surface area (Å²) < 4.78 is 0. The van der Waals surface area contributed by atoms with Gasteiger partial charge in [0.05, 0.1) is 0 Å². The Morgan fingerprint density at radius 1 is 1.10 bits per heavy atom. The molecule has 0 nitrogen and oxygen atoms in total. The molecule has 0 saturated carbocycles. The number of hydrogen-bond donors (Lipinski definition) is 0. The zero-order valence-electron chi connectivity index (χ0n) is 13.7. The van der Waals surface area contributed by atoms with Crippen LogP contribution < -0.4 is 0 Å². The third kappa shape index (κ3) is 3.32. The van der Waals surface area contributed by atoms with Gasteiger partial charge >= 0.3 is 0 Å². The van der Waals surface area contributed by atoms with Crippen LogP contribution in [0.1, 0.15) is 58.1 Å². The highest BCUT2D eigenvalue weighted by Gasteiger charge is 2.26. The van der Waals surface area contributed by atoms with E-state index < -0.39 is 0 Å². The molecule has 1 heteroatoms. The summed E-state index contributed by atoms with van der Waals surface area (Å²) >= 11 is 0. The normalized spacial score (nSPS) is 15.9. The summed E-state index contributed by atoms with van der Waals surface area (Å²) in [7, 11) is 1.18. The average molecular weight is 285 g/mol. The van der Waals surface area contributed by atoms with E-state index in [1.54, 1.807) is 10.8 Å². The van der Waals surface area contributed by atoms with Crippen LogP contribution in [0.4, 0.5) is 0 Å². The van der Waals surface area contributed by atoms with Gasteiger partial charge in [-0.1, -0.05) is 69.7 Å². The minimum Gasteiger partial charge on any atom is -0.0838 e. The van der Waals surface area contributed by atoms with Gasteiger partial charge in [-0.2, -0.15) is 0 Å².